The van der Waals surface area contributed by atoms with Crippen LogP contribution in [0.2, 0.25) is 0 Å². The molecule has 0 heterocycles. The van der Waals surface area contributed by atoms with Gasteiger partial charge in [0.1, 0.15) is 0 Å². The van der Waals surface area contributed by atoms with Crippen LogP contribution in [0.1, 0.15) is 110 Å². The predicted octanol–water partition coefficient (Wildman–Crippen LogP) is 6.47. The van der Waals surface area contributed by atoms with Crippen LogP contribution in [-0.4, -0.2) is 16.3 Å². The van der Waals surface area contributed by atoms with E-state index in [1.165, 1.54) is 88.8 Å². The Kier molecular flexibility index (Phi) is 24.3. The Balaban J connectivity index is 0. The van der Waals surface area contributed by atoms with Gasteiger partial charge in [0.25, 0.3) is 0 Å². The fourth-order valence-electron chi connectivity index (χ4n) is 2.65. The minimum atomic E-state index is -0.653. The van der Waals surface area contributed by atoms with Crippen LogP contribution in [0.15, 0.2) is 5.34 Å². The van der Waals surface area contributed by atoms with Crippen LogP contribution >= 0.6 is 0 Å². The first-order chi connectivity index (χ1) is 11.2. The van der Waals surface area contributed by atoms with Crippen LogP contribution in [-0.2, 0) is 4.79 Å². The van der Waals surface area contributed by atoms with E-state index in [9.17, 15) is 4.79 Å². The molecule has 0 unspecified atom stereocenters. The van der Waals surface area contributed by atoms with Crippen molar-refractivity contribution in [2.24, 2.45) is 5.34 Å². The third kappa shape index (κ3) is 29.5. The van der Waals surface area contributed by atoms with Gasteiger partial charge in [-0.1, -0.05) is 96.8 Å². The molecule has 0 rings (SSSR count). The first-order valence-electron chi connectivity index (χ1n) is 9.37. The van der Waals surface area contributed by atoms with Gasteiger partial charge >= 0.3 is 5.97 Å². The van der Waals surface area contributed by atoms with Gasteiger partial charge in [0.15, 0.2) is 5.34 Å². The summed E-state index contributed by atoms with van der Waals surface area (Å²) in [5.74, 6) is -0.653. The predicted molar refractivity (Wildman–Crippen MR) is 94.8 cm³/mol. The standard InChI is InChI=1S/C18H36O2.HNO2/c1-2-3-4-5-6-7-8-9-10-11-12-13-14-15-16-17-18(19)20;2-1-3/h2-17H2,1H3,(H,19,20);(H,2,3). The van der Waals surface area contributed by atoms with Gasteiger partial charge in [-0.3, -0.25) is 4.79 Å². The normalized spacial score (nSPS) is 9.96. The van der Waals surface area contributed by atoms with Gasteiger partial charge in [0, 0.05) is 6.42 Å². The average Bonchev–Trinajstić information content (AvgIpc) is 2.51. The molecule has 138 valence electrons. The molecule has 23 heavy (non-hydrogen) atoms. The number of carboxylic acid groups (broad SMARTS) is 1. The van der Waals surface area contributed by atoms with E-state index >= 15 is 0 Å². The second-order valence-electron chi connectivity index (χ2n) is 6.18. The molecule has 0 aliphatic heterocycles. The lowest BCUT2D eigenvalue weighted by atomic mass is 10.0. The Labute approximate surface area is 141 Å². The molecule has 0 atom stereocenters. The first-order valence-corrected chi connectivity index (χ1v) is 9.37. The SMILES string of the molecule is CCCCCCCCCCCCCCCCCC(=O)O.O=NO. The van der Waals surface area contributed by atoms with Crippen molar-refractivity contribution < 1.29 is 15.1 Å². The third-order valence-electron chi connectivity index (χ3n) is 3.99. The monoisotopic (exact) mass is 331 g/mol. The van der Waals surface area contributed by atoms with Crippen molar-refractivity contribution in [1.82, 2.24) is 0 Å². The molecule has 0 saturated heterocycles. The zero-order valence-electron chi connectivity index (χ0n) is 15.0. The maximum atomic E-state index is 10.3. The van der Waals surface area contributed by atoms with Crippen molar-refractivity contribution in [3.05, 3.63) is 4.91 Å². The largest absolute Gasteiger partial charge is 0.481 e. The fourth-order valence-corrected chi connectivity index (χ4v) is 2.65. The number of nitrogens with zero attached hydrogens (tertiary/aromatic N) is 1. The molecule has 0 amide bonds. The summed E-state index contributed by atoms with van der Waals surface area (Å²) in [6.07, 6.45) is 20.2. The zero-order chi connectivity index (χ0) is 17.6. The quantitative estimate of drug-likeness (QED) is 0.193. The van der Waals surface area contributed by atoms with Crippen molar-refractivity contribution in [2.75, 3.05) is 0 Å². The molecule has 0 bridgehead atoms. The van der Waals surface area contributed by atoms with Crippen LogP contribution in [0, 0.1) is 4.91 Å². The molecule has 0 spiro atoms. The molecule has 0 radical (unpaired) electrons. The molecule has 5 nitrogen and oxygen atoms in total. The highest BCUT2D eigenvalue weighted by atomic mass is 16.6. The van der Waals surface area contributed by atoms with Crippen LogP contribution in [0.25, 0.3) is 0 Å². The summed E-state index contributed by atoms with van der Waals surface area (Å²) in [5.41, 5.74) is 0. The van der Waals surface area contributed by atoms with Crippen molar-refractivity contribution in [1.29, 1.82) is 0 Å². The number of hydrogen-bond acceptors (Lipinski definition) is 3. The van der Waals surface area contributed by atoms with Crippen molar-refractivity contribution in [3.8, 4) is 0 Å². The highest BCUT2D eigenvalue weighted by Crippen LogP contribution is 2.13. The summed E-state index contributed by atoms with van der Waals surface area (Å²) in [4.78, 5) is 18.4. The average molecular weight is 331 g/mol. The van der Waals surface area contributed by atoms with Gasteiger partial charge in [-0.15, -0.1) is 4.91 Å². The number of hydrogen-bond donors (Lipinski definition) is 2. The number of carboxylic acids is 1. The van der Waals surface area contributed by atoms with Gasteiger partial charge < -0.3 is 10.3 Å². The van der Waals surface area contributed by atoms with E-state index in [2.05, 4.69) is 6.92 Å². The minimum absolute atomic E-state index is 0.345. The second-order valence-corrected chi connectivity index (χ2v) is 6.18. The fraction of sp³-hybridized carbons (Fsp3) is 0.944. The number of unbranched alkanes of at least 4 members (excludes halogenated alkanes) is 14. The van der Waals surface area contributed by atoms with Crippen LogP contribution in [0.3, 0.4) is 0 Å². The lowest BCUT2D eigenvalue weighted by Crippen LogP contribution is -1.93. The Morgan fingerprint density at radius 3 is 1.22 bits per heavy atom. The highest BCUT2D eigenvalue weighted by molar-refractivity contribution is 5.66. The van der Waals surface area contributed by atoms with Crippen LogP contribution < -0.4 is 0 Å². The maximum Gasteiger partial charge on any atom is 0.303 e. The lowest BCUT2D eigenvalue weighted by Gasteiger charge is -2.03. The Bertz CT molecular complexity index is 247. The Hall–Kier alpha value is -1.13. The smallest absolute Gasteiger partial charge is 0.303 e. The third-order valence-corrected chi connectivity index (χ3v) is 3.99. The summed E-state index contributed by atoms with van der Waals surface area (Å²) in [5, 5.41) is 16.4. The number of aliphatic carboxylic acids is 1. The van der Waals surface area contributed by atoms with Gasteiger partial charge in [0.05, 0.1) is 0 Å². The van der Waals surface area contributed by atoms with Crippen molar-refractivity contribution in [3.63, 3.8) is 0 Å². The summed E-state index contributed by atoms with van der Waals surface area (Å²) in [6, 6.07) is 0. The molecule has 2 N–H and O–H groups in total. The minimum Gasteiger partial charge on any atom is -0.481 e. The Morgan fingerprint density at radius 2 is 0.957 bits per heavy atom. The summed E-state index contributed by atoms with van der Waals surface area (Å²) >= 11 is 0. The molecule has 0 aliphatic rings. The molecule has 0 aromatic carbocycles. The topological polar surface area (TPSA) is 87.0 Å². The van der Waals surface area contributed by atoms with Gasteiger partial charge in [-0.25, -0.2) is 0 Å². The van der Waals surface area contributed by atoms with E-state index < -0.39 is 5.97 Å². The van der Waals surface area contributed by atoms with Crippen LogP contribution in [0.5, 0.6) is 0 Å². The van der Waals surface area contributed by atoms with Crippen LogP contribution in [0.4, 0.5) is 0 Å². The summed E-state index contributed by atoms with van der Waals surface area (Å²) in [6.45, 7) is 2.27. The van der Waals surface area contributed by atoms with E-state index in [0.29, 0.717) is 6.42 Å². The molecule has 0 aliphatic carbocycles. The molecule has 0 saturated carbocycles. The zero-order valence-corrected chi connectivity index (χ0v) is 15.0. The molecule has 5 heteroatoms. The van der Waals surface area contributed by atoms with E-state index in [1.54, 1.807) is 0 Å². The van der Waals surface area contributed by atoms with Gasteiger partial charge in [-0.2, -0.15) is 0 Å². The maximum absolute atomic E-state index is 10.3. The van der Waals surface area contributed by atoms with Gasteiger partial charge in [-0.05, 0) is 6.42 Å². The molecule has 0 aromatic heterocycles. The Morgan fingerprint density at radius 1 is 0.696 bits per heavy atom. The second kappa shape index (κ2) is 23.1. The van der Waals surface area contributed by atoms with E-state index in [4.69, 9.17) is 15.2 Å². The van der Waals surface area contributed by atoms with E-state index in [0.717, 1.165) is 12.8 Å². The first kappa shape index (κ1) is 24.1. The highest BCUT2D eigenvalue weighted by Gasteiger charge is 1.97. The molecular weight excluding hydrogens is 294 g/mol. The van der Waals surface area contributed by atoms with E-state index in [1.807, 2.05) is 0 Å². The van der Waals surface area contributed by atoms with Crippen molar-refractivity contribution >= 4 is 5.97 Å². The summed E-state index contributed by atoms with van der Waals surface area (Å²) < 4.78 is 0. The van der Waals surface area contributed by atoms with E-state index in [-0.39, 0.29) is 0 Å². The summed E-state index contributed by atoms with van der Waals surface area (Å²) in [7, 11) is 0. The number of carbonyl (C=O) groups is 1. The lowest BCUT2D eigenvalue weighted by molar-refractivity contribution is -0.137. The van der Waals surface area contributed by atoms with Gasteiger partial charge in [0.2, 0.25) is 0 Å². The number of rotatable bonds is 16. The molecule has 0 aromatic rings. The molecular formula is C18H37NO4. The molecule has 0 fully saturated rings. The van der Waals surface area contributed by atoms with Crippen molar-refractivity contribution in [2.45, 2.75) is 110 Å².